The van der Waals surface area contributed by atoms with Gasteiger partial charge in [-0.05, 0) is 56.4 Å². The molecule has 0 radical (unpaired) electrons. The predicted octanol–water partition coefficient (Wildman–Crippen LogP) is 5.22. The maximum atomic E-state index is 12.8. The number of carbonyl (C=O) groups excluding carboxylic acids is 2. The summed E-state index contributed by atoms with van der Waals surface area (Å²) in [5.74, 6) is 0. The summed E-state index contributed by atoms with van der Waals surface area (Å²) in [6.45, 7) is 3.89. The lowest BCUT2D eigenvalue weighted by molar-refractivity contribution is 0.0860. The van der Waals surface area contributed by atoms with Gasteiger partial charge in [0.1, 0.15) is 13.2 Å². The molecule has 224 valence electrons. The predicted molar refractivity (Wildman–Crippen MR) is 163 cm³/mol. The zero-order chi connectivity index (χ0) is 30.4. The fourth-order valence-electron chi connectivity index (χ4n) is 4.57. The molecule has 43 heavy (non-hydrogen) atoms. The minimum atomic E-state index is -1.01. The van der Waals surface area contributed by atoms with Crippen LogP contribution < -0.4 is 10.6 Å². The van der Waals surface area contributed by atoms with Crippen molar-refractivity contribution >= 4 is 12.2 Å². The molecule has 0 aliphatic carbocycles. The van der Waals surface area contributed by atoms with Crippen molar-refractivity contribution in [1.82, 2.24) is 20.6 Å². The molecule has 9 nitrogen and oxygen atoms in total. The quantitative estimate of drug-likeness (QED) is 0.198. The minimum absolute atomic E-state index is 0.0494. The maximum absolute atomic E-state index is 12.8. The largest absolute Gasteiger partial charge is 0.445 e. The number of aliphatic hydroxyl groups excluding tert-OH is 1. The molecule has 9 heteroatoms. The van der Waals surface area contributed by atoms with Crippen LogP contribution in [0.5, 0.6) is 0 Å². The lowest BCUT2D eigenvalue weighted by Crippen LogP contribution is -2.48. The summed E-state index contributed by atoms with van der Waals surface area (Å²) in [4.78, 5) is 34.1. The Morgan fingerprint density at radius 2 is 1.16 bits per heavy atom. The first kappa shape index (κ1) is 31.2. The summed E-state index contributed by atoms with van der Waals surface area (Å²) in [6, 6.07) is 25.5. The Morgan fingerprint density at radius 3 is 1.65 bits per heavy atom. The molecule has 3 unspecified atom stereocenters. The minimum Gasteiger partial charge on any atom is -0.445 e. The summed E-state index contributed by atoms with van der Waals surface area (Å²) in [5.41, 5.74) is 5.20. The smallest absolute Gasteiger partial charge is 0.407 e. The van der Waals surface area contributed by atoms with Crippen LogP contribution in [-0.2, 0) is 35.5 Å². The summed E-state index contributed by atoms with van der Waals surface area (Å²) in [7, 11) is 0. The van der Waals surface area contributed by atoms with E-state index in [0.29, 0.717) is 12.8 Å². The number of rotatable bonds is 13. The van der Waals surface area contributed by atoms with E-state index in [1.165, 1.54) is 0 Å². The van der Waals surface area contributed by atoms with Crippen LogP contribution >= 0.6 is 0 Å². The van der Waals surface area contributed by atoms with E-state index < -0.39 is 30.4 Å². The molecule has 2 aromatic heterocycles. The number of hydrogen-bond acceptors (Lipinski definition) is 7. The van der Waals surface area contributed by atoms with Crippen molar-refractivity contribution < 1.29 is 24.2 Å². The Bertz CT molecular complexity index is 1420. The van der Waals surface area contributed by atoms with Gasteiger partial charge in [-0.15, -0.1) is 0 Å². The average Bonchev–Trinajstić information content (AvgIpc) is 3.01. The van der Waals surface area contributed by atoms with Crippen LogP contribution in [0.15, 0.2) is 97.3 Å². The first-order valence-corrected chi connectivity index (χ1v) is 14.3. The summed E-state index contributed by atoms with van der Waals surface area (Å²) < 4.78 is 10.9. The SMILES string of the molecule is Cc1ccc(COC(=O)NC(Cc2ccccc2)CC(O)C(Cc2ccccc2)NC(=O)OCc2ccc(C)nc2)cn1. The highest BCUT2D eigenvalue weighted by atomic mass is 16.6. The van der Waals surface area contributed by atoms with E-state index in [-0.39, 0.29) is 19.6 Å². The van der Waals surface area contributed by atoms with Gasteiger partial charge in [-0.3, -0.25) is 9.97 Å². The van der Waals surface area contributed by atoms with Crippen LogP contribution in [0.25, 0.3) is 0 Å². The zero-order valence-corrected chi connectivity index (χ0v) is 24.5. The van der Waals surface area contributed by atoms with Crippen LogP contribution in [-0.4, -0.2) is 45.4 Å². The summed E-state index contributed by atoms with van der Waals surface area (Å²) in [5, 5.41) is 17.2. The van der Waals surface area contributed by atoms with Crippen molar-refractivity contribution in [2.75, 3.05) is 0 Å². The van der Waals surface area contributed by atoms with Gasteiger partial charge in [0, 0.05) is 41.0 Å². The van der Waals surface area contributed by atoms with Crippen molar-refractivity contribution in [1.29, 1.82) is 0 Å². The highest BCUT2D eigenvalue weighted by molar-refractivity contribution is 5.68. The molecule has 0 spiro atoms. The second-order valence-electron chi connectivity index (χ2n) is 10.5. The standard InChI is InChI=1S/C34H38N4O5/c1-24-13-15-28(20-35-24)22-42-33(40)37-30(17-26-9-5-3-6-10-26)19-32(39)31(18-27-11-7-4-8-12-27)38-34(41)43-23-29-16-14-25(2)36-21-29/h3-16,20-21,30-32,39H,17-19,22-23H2,1-2H3,(H,37,40)(H,38,41). The maximum Gasteiger partial charge on any atom is 0.407 e. The first-order valence-electron chi connectivity index (χ1n) is 14.3. The average molecular weight is 583 g/mol. The van der Waals surface area contributed by atoms with Gasteiger partial charge in [-0.25, -0.2) is 9.59 Å². The van der Waals surface area contributed by atoms with Gasteiger partial charge in [-0.1, -0.05) is 72.8 Å². The van der Waals surface area contributed by atoms with Gasteiger partial charge < -0.3 is 25.2 Å². The number of amides is 2. The van der Waals surface area contributed by atoms with Gasteiger partial charge in [0.2, 0.25) is 0 Å². The topological polar surface area (TPSA) is 123 Å². The number of pyridine rings is 2. The number of ether oxygens (including phenoxy) is 2. The normalized spacial score (nSPS) is 12.9. The van der Waals surface area contributed by atoms with Gasteiger partial charge in [-0.2, -0.15) is 0 Å². The third kappa shape index (κ3) is 10.9. The van der Waals surface area contributed by atoms with Crippen LogP contribution in [0, 0.1) is 13.8 Å². The molecule has 3 atom stereocenters. The molecular formula is C34H38N4O5. The molecule has 0 saturated carbocycles. The van der Waals surface area contributed by atoms with E-state index in [4.69, 9.17) is 9.47 Å². The van der Waals surface area contributed by atoms with E-state index >= 15 is 0 Å². The Hall–Kier alpha value is -4.76. The lowest BCUT2D eigenvalue weighted by atomic mass is 9.94. The van der Waals surface area contributed by atoms with Crippen LogP contribution in [0.3, 0.4) is 0 Å². The monoisotopic (exact) mass is 582 g/mol. The molecular weight excluding hydrogens is 544 g/mol. The van der Waals surface area contributed by atoms with E-state index in [1.807, 2.05) is 98.8 Å². The van der Waals surface area contributed by atoms with Crippen LogP contribution in [0.4, 0.5) is 9.59 Å². The van der Waals surface area contributed by atoms with Crippen LogP contribution in [0.2, 0.25) is 0 Å². The fourth-order valence-corrected chi connectivity index (χ4v) is 4.57. The van der Waals surface area contributed by atoms with Crippen LogP contribution in [0.1, 0.15) is 40.1 Å². The van der Waals surface area contributed by atoms with E-state index in [0.717, 1.165) is 33.6 Å². The Kier molecular flexibility index (Phi) is 11.6. The van der Waals surface area contributed by atoms with Gasteiger partial charge in [0.15, 0.2) is 0 Å². The Morgan fingerprint density at radius 1 is 0.674 bits per heavy atom. The Labute approximate surface area is 252 Å². The lowest BCUT2D eigenvalue weighted by Gasteiger charge is -2.28. The van der Waals surface area contributed by atoms with Crippen molar-refractivity contribution in [3.63, 3.8) is 0 Å². The molecule has 2 amide bonds. The first-order chi connectivity index (χ1) is 20.8. The molecule has 3 N–H and O–H groups in total. The fraction of sp³-hybridized carbons (Fsp3) is 0.294. The van der Waals surface area contributed by atoms with E-state index in [1.54, 1.807) is 12.4 Å². The molecule has 4 aromatic rings. The van der Waals surface area contributed by atoms with E-state index in [9.17, 15) is 14.7 Å². The molecule has 0 aliphatic rings. The third-order valence-electron chi connectivity index (χ3n) is 6.92. The molecule has 0 aliphatic heterocycles. The number of aromatic nitrogens is 2. The van der Waals surface area contributed by atoms with E-state index in [2.05, 4.69) is 20.6 Å². The summed E-state index contributed by atoms with van der Waals surface area (Å²) >= 11 is 0. The highest BCUT2D eigenvalue weighted by Crippen LogP contribution is 2.15. The summed E-state index contributed by atoms with van der Waals surface area (Å²) in [6.07, 6.45) is 2.05. The third-order valence-corrected chi connectivity index (χ3v) is 6.92. The number of aryl methyl sites for hydroxylation is 2. The molecule has 0 saturated heterocycles. The highest BCUT2D eigenvalue weighted by Gasteiger charge is 2.27. The van der Waals surface area contributed by atoms with Gasteiger partial charge in [0.25, 0.3) is 0 Å². The second-order valence-corrected chi connectivity index (χ2v) is 10.5. The second kappa shape index (κ2) is 16.0. The van der Waals surface area contributed by atoms with Crippen molar-refractivity contribution in [2.24, 2.45) is 0 Å². The number of nitrogens with zero attached hydrogens (tertiary/aromatic N) is 2. The van der Waals surface area contributed by atoms with Gasteiger partial charge in [0.05, 0.1) is 12.1 Å². The molecule has 4 rings (SSSR count). The number of carbonyl (C=O) groups is 2. The number of hydrogen-bond donors (Lipinski definition) is 3. The van der Waals surface area contributed by atoms with Crippen molar-refractivity contribution in [2.45, 2.75) is 64.5 Å². The van der Waals surface area contributed by atoms with Crippen molar-refractivity contribution in [3.05, 3.63) is 131 Å². The van der Waals surface area contributed by atoms with Crippen molar-refractivity contribution in [3.8, 4) is 0 Å². The van der Waals surface area contributed by atoms with Gasteiger partial charge >= 0.3 is 12.2 Å². The number of nitrogens with one attached hydrogen (secondary N) is 2. The molecule has 0 fully saturated rings. The number of alkyl carbamates (subject to hydrolysis) is 2. The zero-order valence-electron chi connectivity index (χ0n) is 24.5. The number of aliphatic hydroxyl groups is 1. The molecule has 2 heterocycles. The molecule has 2 aromatic carbocycles. The molecule has 0 bridgehead atoms. The number of benzene rings is 2. The Balaban J connectivity index is 1.43.